The summed E-state index contributed by atoms with van der Waals surface area (Å²) in [6.07, 6.45) is 11.2. The highest BCUT2D eigenvalue weighted by Gasteiger charge is 2.75. The minimum atomic E-state index is 0.0111. The average molecular weight is 286 g/mol. The van der Waals surface area contributed by atoms with Crippen molar-refractivity contribution in [2.45, 2.75) is 71.1 Å². The lowest BCUT2D eigenvalue weighted by molar-refractivity contribution is -0.134. The van der Waals surface area contributed by atoms with Crippen LogP contribution in [0.15, 0.2) is 0 Å². The van der Waals surface area contributed by atoms with Crippen LogP contribution in [0.3, 0.4) is 0 Å². The molecular weight excluding hydrogens is 260 g/mol. The van der Waals surface area contributed by atoms with Gasteiger partial charge < -0.3 is 0 Å². The molecule has 0 unspecified atom stereocenters. The van der Waals surface area contributed by atoms with Crippen molar-refractivity contribution in [1.82, 2.24) is 0 Å². The molecular formula is C19H26O2. The lowest BCUT2D eigenvalue weighted by Gasteiger charge is -2.53. The van der Waals surface area contributed by atoms with E-state index in [1.165, 1.54) is 32.1 Å². The highest BCUT2D eigenvalue weighted by molar-refractivity contribution is 5.87. The number of carbonyl (C=O) groups excluding carboxylic acids is 2. The monoisotopic (exact) mass is 286 g/mol. The van der Waals surface area contributed by atoms with E-state index in [0.717, 1.165) is 43.9 Å². The Bertz CT molecular complexity index is 552. The molecule has 0 saturated heterocycles. The summed E-state index contributed by atoms with van der Waals surface area (Å²) in [6, 6.07) is 0. The number of carbonyl (C=O) groups is 2. The SMILES string of the molecule is C[C@@]12CC[C@H]3[C@H](CC[C@@]45CC(=O)CC[C@@]34C5)[C@@H]1CCC2=O. The van der Waals surface area contributed by atoms with Crippen LogP contribution in [-0.2, 0) is 9.59 Å². The van der Waals surface area contributed by atoms with Gasteiger partial charge in [0.1, 0.15) is 11.6 Å². The molecule has 5 aliphatic carbocycles. The minimum absolute atomic E-state index is 0.0111. The largest absolute Gasteiger partial charge is 0.300 e. The van der Waals surface area contributed by atoms with Crippen LogP contribution < -0.4 is 0 Å². The number of Topliss-reactive ketones (excluding diaryl/α,β-unsaturated/α-hetero) is 2. The maximum Gasteiger partial charge on any atom is 0.139 e. The molecule has 0 amide bonds. The summed E-state index contributed by atoms with van der Waals surface area (Å²) in [5.41, 5.74) is 0.952. The van der Waals surface area contributed by atoms with Crippen molar-refractivity contribution < 1.29 is 9.59 Å². The van der Waals surface area contributed by atoms with Gasteiger partial charge in [-0.05, 0) is 73.5 Å². The van der Waals surface area contributed by atoms with E-state index in [-0.39, 0.29) is 5.41 Å². The van der Waals surface area contributed by atoms with Gasteiger partial charge in [-0.25, -0.2) is 0 Å². The van der Waals surface area contributed by atoms with Crippen molar-refractivity contribution in [3.63, 3.8) is 0 Å². The van der Waals surface area contributed by atoms with Crippen molar-refractivity contribution in [2.24, 2.45) is 34.0 Å². The molecule has 5 saturated carbocycles. The fourth-order valence-electron chi connectivity index (χ4n) is 7.71. The molecule has 0 spiro atoms. The van der Waals surface area contributed by atoms with E-state index in [2.05, 4.69) is 6.92 Å². The second-order valence-electron chi connectivity index (χ2n) is 9.16. The van der Waals surface area contributed by atoms with Gasteiger partial charge in [-0.1, -0.05) is 6.92 Å². The first kappa shape index (κ1) is 12.8. The lowest BCUT2D eigenvalue weighted by atomic mass is 9.50. The summed E-state index contributed by atoms with van der Waals surface area (Å²) in [5, 5.41) is 0. The van der Waals surface area contributed by atoms with Crippen LogP contribution in [-0.4, -0.2) is 11.6 Å². The fraction of sp³-hybridized carbons (Fsp3) is 0.895. The third kappa shape index (κ3) is 1.32. The zero-order valence-corrected chi connectivity index (χ0v) is 13.1. The van der Waals surface area contributed by atoms with Gasteiger partial charge in [0, 0.05) is 24.7 Å². The van der Waals surface area contributed by atoms with Crippen molar-refractivity contribution in [1.29, 1.82) is 0 Å². The second-order valence-corrected chi connectivity index (χ2v) is 9.16. The summed E-state index contributed by atoms with van der Waals surface area (Å²) >= 11 is 0. The summed E-state index contributed by atoms with van der Waals surface area (Å²) in [6.45, 7) is 2.26. The van der Waals surface area contributed by atoms with Gasteiger partial charge in [0.05, 0.1) is 0 Å². The molecule has 2 nitrogen and oxygen atoms in total. The van der Waals surface area contributed by atoms with Gasteiger partial charge in [0.15, 0.2) is 0 Å². The van der Waals surface area contributed by atoms with E-state index in [1.807, 2.05) is 0 Å². The van der Waals surface area contributed by atoms with Gasteiger partial charge in [-0.2, -0.15) is 0 Å². The molecule has 0 aromatic heterocycles. The number of hydrogen-bond donors (Lipinski definition) is 0. The third-order valence-electron chi connectivity index (χ3n) is 8.78. The third-order valence-corrected chi connectivity index (χ3v) is 8.78. The number of fused-ring (bicyclic) bond motifs is 3. The van der Waals surface area contributed by atoms with Crippen LogP contribution in [0.5, 0.6) is 0 Å². The quantitative estimate of drug-likeness (QED) is 0.676. The Morgan fingerprint density at radius 2 is 1.81 bits per heavy atom. The Balaban J connectivity index is 1.50. The van der Waals surface area contributed by atoms with Gasteiger partial charge in [-0.15, -0.1) is 0 Å². The first-order valence-electron chi connectivity index (χ1n) is 9.06. The van der Waals surface area contributed by atoms with E-state index >= 15 is 0 Å². The van der Waals surface area contributed by atoms with E-state index in [4.69, 9.17) is 0 Å². The molecule has 0 bridgehead atoms. The molecule has 21 heavy (non-hydrogen) atoms. The molecule has 5 aliphatic rings. The van der Waals surface area contributed by atoms with Gasteiger partial charge in [0.2, 0.25) is 0 Å². The highest BCUT2D eigenvalue weighted by atomic mass is 16.1. The zero-order chi connectivity index (χ0) is 14.5. The molecule has 0 aromatic carbocycles. The molecule has 5 fully saturated rings. The zero-order valence-electron chi connectivity index (χ0n) is 13.1. The van der Waals surface area contributed by atoms with Crippen molar-refractivity contribution in [3.8, 4) is 0 Å². The van der Waals surface area contributed by atoms with Crippen LogP contribution >= 0.6 is 0 Å². The average Bonchev–Trinajstić information content (AvgIpc) is 3.05. The van der Waals surface area contributed by atoms with Crippen LogP contribution in [0.1, 0.15) is 71.1 Å². The topological polar surface area (TPSA) is 34.1 Å². The highest BCUT2D eigenvalue weighted by Crippen LogP contribution is 2.82. The minimum Gasteiger partial charge on any atom is -0.300 e. The Morgan fingerprint density at radius 1 is 0.952 bits per heavy atom. The smallest absolute Gasteiger partial charge is 0.139 e. The second kappa shape index (κ2) is 3.63. The van der Waals surface area contributed by atoms with E-state index in [1.54, 1.807) is 0 Å². The van der Waals surface area contributed by atoms with Crippen LogP contribution in [0.2, 0.25) is 0 Å². The van der Waals surface area contributed by atoms with Gasteiger partial charge in [0.25, 0.3) is 0 Å². The Morgan fingerprint density at radius 3 is 2.67 bits per heavy atom. The fourth-order valence-corrected chi connectivity index (χ4v) is 7.71. The molecule has 5 rings (SSSR count). The number of ketones is 2. The Kier molecular flexibility index (Phi) is 2.22. The van der Waals surface area contributed by atoms with Crippen LogP contribution in [0.25, 0.3) is 0 Å². The molecule has 0 aromatic rings. The summed E-state index contributed by atoms with van der Waals surface area (Å²) in [4.78, 5) is 24.3. The predicted octanol–water partition coefficient (Wildman–Crippen LogP) is 3.92. The maximum atomic E-state index is 12.4. The van der Waals surface area contributed by atoms with E-state index in [0.29, 0.717) is 28.3 Å². The molecule has 0 radical (unpaired) electrons. The van der Waals surface area contributed by atoms with Gasteiger partial charge >= 0.3 is 0 Å². The molecule has 6 atom stereocenters. The van der Waals surface area contributed by atoms with Crippen molar-refractivity contribution in [3.05, 3.63) is 0 Å². The standard InChI is InChI=1S/C19H26O2/c1-17-7-6-15-13(14(17)2-3-16(17)21)5-8-18-10-12(20)4-9-19(15,18)11-18/h13-15H,2-11H2,1H3/t13-,14+,15+,17-,18+,19-/m1/s1. The first-order valence-corrected chi connectivity index (χ1v) is 9.06. The van der Waals surface area contributed by atoms with Crippen LogP contribution in [0.4, 0.5) is 0 Å². The summed E-state index contributed by atoms with van der Waals surface area (Å²) in [5.74, 6) is 3.37. The van der Waals surface area contributed by atoms with Crippen molar-refractivity contribution >= 4 is 11.6 Å². The van der Waals surface area contributed by atoms with E-state index < -0.39 is 0 Å². The Hall–Kier alpha value is -0.660. The van der Waals surface area contributed by atoms with E-state index in [9.17, 15) is 9.59 Å². The molecule has 114 valence electrons. The van der Waals surface area contributed by atoms with Crippen molar-refractivity contribution in [2.75, 3.05) is 0 Å². The molecule has 0 aliphatic heterocycles. The summed E-state index contributed by atoms with van der Waals surface area (Å²) < 4.78 is 0. The number of rotatable bonds is 0. The predicted molar refractivity (Wildman–Crippen MR) is 79.6 cm³/mol. The van der Waals surface area contributed by atoms with Gasteiger partial charge in [-0.3, -0.25) is 9.59 Å². The molecule has 0 N–H and O–H groups in total. The normalized spacial score (nSPS) is 58.0. The first-order chi connectivity index (χ1) is 10.0. The van der Waals surface area contributed by atoms with Crippen LogP contribution in [0, 0.1) is 34.0 Å². The maximum absolute atomic E-state index is 12.4. The summed E-state index contributed by atoms with van der Waals surface area (Å²) in [7, 11) is 0. The number of hydrogen-bond acceptors (Lipinski definition) is 2. The molecule has 2 heteroatoms. The lowest BCUT2D eigenvalue weighted by Crippen LogP contribution is -2.48. The molecule has 0 heterocycles. The Labute approximate surface area is 127 Å².